The van der Waals surface area contributed by atoms with Gasteiger partial charge in [-0.15, -0.1) is 0 Å². The SMILES string of the molecule is CCNC(=O)C(=O)NCC(OC)c1cccc(OC)c1. The van der Waals surface area contributed by atoms with Gasteiger partial charge in [-0.3, -0.25) is 9.59 Å². The molecule has 0 aliphatic heterocycles. The van der Waals surface area contributed by atoms with Crippen LogP contribution in [0.1, 0.15) is 18.6 Å². The number of hydrogen-bond donors (Lipinski definition) is 2. The molecule has 6 heteroatoms. The number of nitrogens with one attached hydrogen (secondary N) is 2. The lowest BCUT2D eigenvalue weighted by Gasteiger charge is -2.17. The fourth-order valence-corrected chi connectivity index (χ4v) is 1.69. The van der Waals surface area contributed by atoms with Gasteiger partial charge in [0.25, 0.3) is 0 Å². The van der Waals surface area contributed by atoms with E-state index < -0.39 is 11.8 Å². The highest BCUT2D eigenvalue weighted by molar-refractivity contribution is 6.35. The van der Waals surface area contributed by atoms with E-state index in [-0.39, 0.29) is 12.6 Å². The van der Waals surface area contributed by atoms with E-state index >= 15 is 0 Å². The van der Waals surface area contributed by atoms with Crippen LogP contribution in [0.3, 0.4) is 0 Å². The topological polar surface area (TPSA) is 76.7 Å². The fourth-order valence-electron chi connectivity index (χ4n) is 1.69. The molecule has 0 aliphatic rings. The molecule has 1 aromatic rings. The van der Waals surface area contributed by atoms with Crippen molar-refractivity contribution in [2.45, 2.75) is 13.0 Å². The van der Waals surface area contributed by atoms with Crippen molar-refractivity contribution in [3.05, 3.63) is 29.8 Å². The van der Waals surface area contributed by atoms with Crippen LogP contribution in [-0.4, -0.2) is 39.1 Å². The van der Waals surface area contributed by atoms with Crippen LogP contribution in [-0.2, 0) is 14.3 Å². The maximum Gasteiger partial charge on any atom is 0.309 e. The summed E-state index contributed by atoms with van der Waals surface area (Å²) < 4.78 is 10.5. The number of amides is 2. The highest BCUT2D eigenvalue weighted by Crippen LogP contribution is 2.20. The van der Waals surface area contributed by atoms with Crippen LogP contribution in [0.25, 0.3) is 0 Å². The first-order chi connectivity index (χ1) is 9.62. The van der Waals surface area contributed by atoms with Gasteiger partial charge in [0.2, 0.25) is 0 Å². The molecule has 0 saturated carbocycles. The van der Waals surface area contributed by atoms with Gasteiger partial charge in [-0.25, -0.2) is 0 Å². The van der Waals surface area contributed by atoms with Crippen LogP contribution in [0.4, 0.5) is 0 Å². The summed E-state index contributed by atoms with van der Waals surface area (Å²) in [5.41, 5.74) is 0.864. The van der Waals surface area contributed by atoms with E-state index in [4.69, 9.17) is 9.47 Å². The Hall–Kier alpha value is -2.08. The number of likely N-dealkylation sites (N-methyl/N-ethyl adjacent to an activating group) is 1. The van der Waals surface area contributed by atoms with Gasteiger partial charge >= 0.3 is 11.8 Å². The van der Waals surface area contributed by atoms with Gasteiger partial charge in [0.15, 0.2) is 0 Å². The van der Waals surface area contributed by atoms with Gasteiger partial charge < -0.3 is 20.1 Å². The van der Waals surface area contributed by atoms with Crippen LogP contribution < -0.4 is 15.4 Å². The van der Waals surface area contributed by atoms with Crippen LogP contribution in [0.15, 0.2) is 24.3 Å². The molecule has 1 aromatic carbocycles. The zero-order chi connectivity index (χ0) is 15.0. The molecular formula is C14H20N2O4. The van der Waals surface area contributed by atoms with Crippen LogP contribution in [0.2, 0.25) is 0 Å². The first-order valence-electron chi connectivity index (χ1n) is 6.35. The average Bonchev–Trinajstić information content (AvgIpc) is 2.48. The van der Waals surface area contributed by atoms with Gasteiger partial charge in [0.1, 0.15) is 5.75 Å². The summed E-state index contributed by atoms with van der Waals surface area (Å²) in [6.07, 6.45) is -0.344. The fraction of sp³-hybridized carbons (Fsp3) is 0.429. The highest BCUT2D eigenvalue weighted by atomic mass is 16.5. The Balaban J connectivity index is 2.63. The van der Waals surface area contributed by atoms with Crippen LogP contribution in [0.5, 0.6) is 5.75 Å². The number of rotatable bonds is 6. The van der Waals surface area contributed by atoms with E-state index in [1.165, 1.54) is 0 Å². The number of hydrogen-bond acceptors (Lipinski definition) is 4. The van der Waals surface area contributed by atoms with Crippen molar-refractivity contribution in [1.29, 1.82) is 0 Å². The standard InChI is InChI=1S/C14H20N2O4/c1-4-15-13(17)14(18)16-9-12(20-3)10-6-5-7-11(8-10)19-2/h5-8,12H,4,9H2,1-3H3,(H,15,17)(H,16,18). The third-order valence-corrected chi connectivity index (χ3v) is 2.74. The molecule has 2 N–H and O–H groups in total. The monoisotopic (exact) mass is 280 g/mol. The average molecular weight is 280 g/mol. The minimum atomic E-state index is -0.670. The molecule has 0 saturated heterocycles. The third kappa shape index (κ3) is 4.55. The smallest absolute Gasteiger partial charge is 0.309 e. The van der Waals surface area contributed by atoms with E-state index in [0.717, 1.165) is 5.56 Å². The number of carbonyl (C=O) groups is 2. The number of carbonyl (C=O) groups excluding carboxylic acids is 2. The second-order valence-electron chi connectivity index (χ2n) is 4.07. The molecule has 20 heavy (non-hydrogen) atoms. The summed E-state index contributed by atoms with van der Waals surface area (Å²) in [5.74, 6) is -0.607. The third-order valence-electron chi connectivity index (χ3n) is 2.74. The van der Waals surface area contributed by atoms with Crippen molar-refractivity contribution in [2.75, 3.05) is 27.3 Å². The predicted octanol–water partition coefficient (Wildman–Crippen LogP) is 0.635. The first kappa shape index (κ1) is 16.0. The molecule has 0 bridgehead atoms. The van der Waals surface area contributed by atoms with E-state index in [2.05, 4.69) is 10.6 Å². The van der Waals surface area contributed by atoms with E-state index in [9.17, 15) is 9.59 Å². The quantitative estimate of drug-likeness (QED) is 0.750. The van der Waals surface area contributed by atoms with Gasteiger partial charge in [-0.05, 0) is 24.6 Å². The lowest BCUT2D eigenvalue weighted by atomic mass is 10.1. The summed E-state index contributed by atoms with van der Waals surface area (Å²) in [5, 5.41) is 4.97. The molecule has 0 spiro atoms. The van der Waals surface area contributed by atoms with Crippen LogP contribution in [0, 0.1) is 0 Å². The summed E-state index contributed by atoms with van der Waals surface area (Å²) >= 11 is 0. The molecule has 1 rings (SSSR count). The molecule has 2 amide bonds. The minimum absolute atomic E-state index is 0.208. The Morgan fingerprint density at radius 2 is 1.90 bits per heavy atom. The lowest BCUT2D eigenvalue weighted by Crippen LogP contribution is -2.41. The summed E-state index contributed by atoms with van der Waals surface area (Å²) in [6, 6.07) is 7.36. The Bertz CT molecular complexity index is 462. The number of benzene rings is 1. The molecule has 0 fully saturated rings. The van der Waals surface area contributed by atoms with Crippen LogP contribution >= 0.6 is 0 Å². The lowest BCUT2D eigenvalue weighted by molar-refractivity contribution is -0.139. The zero-order valence-electron chi connectivity index (χ0n) is 11.9. The molecular weight excluding hydrogens is 260 g/mol. The highest BCUT2D eigenvalue weighted by Gasteiger charge is 2.16. The Kier molecular flexibility index (Phi) is 6.52. The largest absolute Gasteiger partial charge is 0.497 e. The minimum Gasteiger partial charge on any atom is -0.497 e. The summed E-state index contributed by atoms with van der Waals surface area (Å²) in [7, 11) is 3.13. The van der Waals surface area contributed by atoms with Crippen molar-refractivity contribution >= 4 is 11.8 Å². The predicted molar refractivity (Wildman–Crippen MR) is 74.4 cm³/mol. The number of ether oxygens (including phenoxy) is 2. The van der Waals surface area contributed by atoms with Crippen molar-refractivity contribution in [3.8, 4) is 5.75 Å². The maximum absolute atomic E-state index is 11.5. The van der Waals surface area contributed by atoms with Crippen molar-refractivity contribution in [2.24, 2.45) is 0 Å². The Labute approximate surface area is 118 Å². The first-order valence-corrected chi connectivity index (χ1v) is 6.35. The molecule has 0 radical (unpaired) electrons. The van der Waals surface area contributed by atoms with E-state index in [1.807, 2.05) is 24.3 Å². The normalized spacial score (nSPS) is 11.6. The zero-order valence-corrected chi connectivity index (χ0v) is 11.9. The second kappa shape index (κ2) is 8.16. The van der Waals surface area contributed by atoms with Crippen molar-refractivity contribution < 1.29 is 19.1 Å². The molecule has 1 unspecified atom stereocenters. The van der Waals surface area contributed by atoms with Crippen molar-refractivity contribution in [1.82, 2.24) is 10.6 Å². The second-order valence-corrected chi connectivity index (χ2v) is 4.07. The van der Waals surface area contributed by atoms with E-state index in [1.54, 1.807) is 21.1 Å². The molecule has 110 valence electrons. The Morgan fingerprint density at radius 1 is 1.20 bits per heavy atom. The van der Waals surface area contributed by atoms with E-state index in [0.29, 0.717) is 12.3 Å². The molecule has 0 aromatic heterocycles. The maximum atomic E-state index is 11.5. The summed E-state index contributed by atoms with van der Waals surface area (Å²) in [6.45, 7) is 2.37. The molecule has 0 aliphatic carbocycles. The van der Waals surface area contributed by atoms with Crippen molar-refractivity contribution in [3.63, 3.8) is 0 Å². The molecule has 1 atom stereocenters. The van der Waals surface area contributed by atoms with Gasteiger partial charge in [-0.2, -0.15) is 0 Å². The number of methoxy groups -OCH3 is 2. The Morgan fingerprint density at radius 3 is 2.50 bits per heavy atom. The summed E-state index contributed by atoms with van der Waals surface area (Å²) in [4.78, 5) is 22.8. The van der Waals surface area contributed by atoms with Gasteiger partial charge in [-0.1, -0.05) is 12.1 Å². The van der Waals surface area contributed by atoms with Gasteiger partial charge in [0, 0.05) is 20.2 Å². The van der Waals surface area contributed by atoms with Gasteiger partial charge in [0.05, 0.1) is 13.2 Å². The molecule has 0 heterocycles. The molecule has 6 nitrogen and oxygen atoms in total.